The van der Waals surface area contributed by atoms with Gasteiger partial charge in [0.15, 0.2) is 0 Å². The van der Waals surface area contributed by atoms with Crippen molar-refractivity contribution in [3.63, 3.8) is 0 Å². The van der Waals surface area contributed by atoms with Gasteiger partial charge in [-0.1, -0.05) is 25.5 Å². The maximum absolute atomic E-state index is 12.8. The molecule has 0 aliphatic carbocycles. The van der Waals surface area contributed by atoms with Crippen LogP contribution in [0.1, 0.15) is 44.1 Å². The van der Waals surface area contributed by atoms with Crippen LogP contribution in [0.3, 0.4) is 0 Å². The summed E-state index contributed by atoms with van der Waals surface area (Å²) >= 11 is 0. The zero-order valence-corrected chi connectivity index (χ0v) is 15.6. The molecule has 2 heterocycles. The lowest BCUT2D eigenvalue weighted by Gasteiger charge is -2.29. The van der Waals surface area contributed by atoms with E-state index < -0.39 is 0 Å². The third-order valence-electron chi connectivity index (χ3n) is 4.27. The van der Waals surface area contributed by atoms with Gasteiger partial charge >= 0.3 is 5.97 Å². The number of aromatic nitrogens is 3. The van der Waals surface area contributed by atoms with Gasteiger partial charge < -0.3 is 14.8 Å². The third kappa shape index (κ3) is 3.29. The number of fused-ring (bicyclic) bond motifs is 1. The molecule has 7 nitrogen and oxygen atoms in total. The van der Waals surface area contributed by atoms with Crippen molar-refractivity contribution in [2.45, 2.75) is 39.7 Å². The second kappa shape index (κ2) is 7.59. The number of anilines is 1. The van der Waals surface area contributed by atoms with Crippen LogP contribution in [0.2, 0.25) is 0 Å². The molecular formula is C19H24N4O3. The van der Waals surface area contributed by atoms with Crippen molar-refractivity contribution in [1.82, 2.24) is 14.8 Å². The molecule has 1 aliphatic heterocycles. The Bertz CT molecular complexity index is 824. The summed E-state index contributed by atoms with van der Waals surface area (Å²) < 4.78 is 12.4. The molecule has 138 valence electrons. The van der Waals surface area contributed by atoms with E-state index in [2.05, 4.69) is 22.3 Å². The minimum absolute atomic E-state index is 0.320. The molecule has 1 atom stereocenters. The zero-order valence-electron chi connectivity index (χ0n) is 15.6. The van der Waals surface area contributed by atoms with Crippen LogP contribution in [0.4, 0.5) is 5.95 Å². The molecule has 3 rings (SSSR count). The van der Waals surface area contributed by atoms with Crippen molar-refractivity contribution in [3.8, 4) is 5.75 Å². The summed E-state index contributed by atoms with van der Waals surface area (Å²) in [4.78, 5) is 17.3. The monoisotopic (exact) mass is 356 g/mol. The first-order valence-electron chi connectivity index (χ1n) is 8.83. The first-order chi connectivity index (χ1) is 12.6. The van der Waals surface area contributed by atoms with Crippen LogP contribution >= 0.6 is 0 Å². The number of nitrogens with zero attached hydrogens (tertiary/aromatic N) is 3. The van der Waals surface area contributed by atoms with Crippen LogP contribution in [0.5, 0.6) is 5.75 Å². The van der Waals surface area contributed by atoms with Gasteiger partial charge in [-0.15, -0.1) is 0 Å². The van der Waals surface area contributed by atoms with Crippen molar-refractivity contribution < 1.29 is 14.3 Å². The highest BCUT2D eigenvalue weighted by atomic mass is 16.5. The maximum Gasteiger partial charge on any atom is 0.338 e. The maximum atomic E-state index is 12.8. The molecule has 0 unspecified atom stereocenters. The number of ether oxygens (including phenoxy) is 2. The number of esters is 1. The second-order valence-corrected chi connectivity index (χ2v) is 6.09. The highest BCUT2D eigenvalue weighted by Crippen LogP contribution is 2.37. The molecule has 1 aliphatic rings. The van der Waals surface area contributed by atoms with Crippen molar-refractivity contribution in [2.24, 2.45) is 0 Å². The average molecular weight is 356 g/mol. The molecular weight excluding hydrogens is 332 g/mol. The minimum atomic E-state index is -0.390. The molecule has 0 radical (unpaired) electrons. The van der Waals surface area contributed by atoms with Gasteiger partial charge in [-0.3, -0.25) is 0 Å². The van der Waals surface area contributed by atoms with Gasteiger partial charge in [0.2, 0.25) is 5.95 Å². The lowest BCUT2D eigenvalue weighted by molar-refractivity contribution is -0.139. The van der Waals surface area contributed by atoms with E-state index in [1.807, 2.05) is 38.1 Å². The van der Waals surface area contributed by atoms with Crippen LogP contribution in [0.25, 0.3) is 0 Å². The summed E-state index contributed by atoms with van der Waals surface area (Å²) in [5, 5.41) is 7.78. The van der Waals surface area contributed by atoms with Gasteiger partial charge in [0.05, 0.1) is 19.3 Å². The Labute approximate surface area is 153 Å². The van der Waals surface area contributed by atoms with Crippen molar-refractivity contribution in [2.75, 3.05) is 19.0 Å². The van der Waals surface area contributed by atoms with Crippen molar-refractivity contribution >= 4 is 11.9 Å². The van der Waals surface area contributed by atoms with Crippen LogP contribution in [-0.2, 0) is 9.53 Å². The van der Waals surface area contributed by atoms with E-state index >= 15 is 0 Å². The quantitative estimate of drug-likeness (QED) is 0.801. The smallest absolute Gasteiger partial charge is 0.338 e. The molecule has 1 N–H and O–H groups in total. The molecule has 0 spiro atoms. The largest absolute Gasteiger partial charge is 0.497 e. The lowest BCUT2D eigenvalue weighted by atomic mass is 9.94. The van der Waals surface area contributed by atoms with Crippen molar-refractivity contribution in [1.29, 1.82) is 0 Å². The standard InChI is InChI=1S/C19H24N4O3/c1-5-7-15-16(18(24)26-6-2)17(13-8-10-14(25-4)11-9-13)23-19(21-15)20-12(3)22-23/h8-11,17H,5-7H2,1-4H3,(H,20,21,22)/t17-/m1/s1. The van der Waals surface area contributed by atoms with Crippen LogP contribution in [0, 0.1) is 6.92 Å². The normalized spacial score (nSPS) is 16.1. The Hall–Kier alpha value is -2.83. The Kier molecular flexibility index (Phi) is 5.25. The number of hydrogen-bond donors (Lipinski definition) is 1. The number of aryl methyl sites for hydroxylation is 1. The molecule has 0 fully saturated rings. The van der Waals surface area contributed by atoms with E-state index in [1.165, 1.54) is 0 Å². The summed E-state index contributed by atoms with van der Waals surface area (Å²) in [6, 6.07) is 7.25. The van der Waals surface area contributed by atoms with Gasteiger partial charge in [0, 0.05) is 5.70 Å². The summed E-state index contributed by atoms with van der Waals surface area (Å²) in [7, 11) is 1.63. The number of carbonyl (C=O) groups is 1. The second-order valence-electron chi connectivity index (χ2n) is 6.09. The van der Waals surface area contributed by atoms with E-state index in [9.17, 15) is 4.79 Å². The Balaban J connectivity index is 2.16. The topological polar surface area (TPSA) is 78.3 Å². The molecule has 26 heavy (non-hydrogen) atoms. The Morgan fingerprint density at radius 3 is 2.62 bits per heavy atom. The fraction of sp³-hybridized carbons (Fsp3) is 0.421. The van der Waals surface area contributed by atoms with E-state index in [-0.39, 0.29) is 12.0 Å². The highest BCUT2D eigenvalue weighted by molar-refractivity contribution is 5.92. The predicted octanol–water partition coefficient (Wildman–Crippen LogP) is 3.23. The number of methoxy groups -OCH3 is 1. The number of hydrogen-bond acceptors (Lipinski definition) is 6. The van der Waals surface area contributed by atoms with E-state index in [0.717, 1.165) is 29.9 Å². The number of benzene rings is 1. The minimum Gasteiger partial charge on any atom is -0.497 e. The fourth-order valence-corrected chi connectivity index (χ4v) is 3.17. The highest BCUT2D eigenvalue weighted by Gasteiger charge is 2.35. The molecule has 0 saturated carbocycles. The molecule has 0 bridgehead atoms. The van der Waals surface area contributed by atoms with Crippen molar-refractivity contribution in [3.05, 3.63) is 46.9 Å². The van der Waals surface area contributed by atoms with Gasteiger partial charge in [-0.25, -0.2) is 9.48 Å². The number of nitrogens with one attached hydrogen (secondary N) is 1. The number of carbonyl (C=O) groups excluding carboxylic acids is 1. The van der Waals surface area contributed by atoms with E-state index in [1.54, 1.807) is 11.8 Å². The third-order valence-corrected chi connectivity index (χ3v) is 4.27. The molecule has 0 saturated heterocycles. The van der Waals surface area contributed by atoms with Crippen LogP contribution < -0.4 is 10.1 Å². The Morgan fingerprint density at radius 2 is 2.00 bits per heavy atom. The summed E-state index contributed by atoms with van der Waals surface area (Å²) in [6.07, 6.45) is 1.63. The van der Waals surface area contributed by atoms with Gasteiger partial charge in [-0.05, 0) is 38.0 Å². The Morgan fingerprint density at radius 1 is 1.27 bits per heavy atom. The van der Waals surface area contributed by atoms with Gasteiger partial charge in [0.25, 0.3) is 0 Å². The first kappa shape index (κ1) is 18.0. The van der Waals surface area contributed by atoms with E-state index in [4.69, 9.17) is 9.47 Å². The number of allylic oxidation sites excluding steroid dienone is 1. The van der Waals surface area contributed by atoms with Gasteiger partial charge in [-0.2, -0.15) is 10.1 Å². The summed E-state index contributed by atoms with van der Waals surface area (Å²) in [6.45, 7) is 6.04. The fourth-order valence-electron chi connectivity index (χ4n) is 3.17. The van der Waals surface area contributed by atoms with Crippen LogP contribution in [0.15, 0.2) is 35.5 Å². The number of rotatable bonds is 6. The van der Waals surface area contributed by atoms with Crippen LogP contribution in [-0.4, -0.2) is 34.5 Å². The predicted molar refractivity (Wildman–Crippen MR) is 98.1 cm³/mol. The average Bonchev–Trinajstić information content (AvgIpc) is 3.01. The lowest BCUT2D eigenvalue weighted by Crippen LogP contribution is -2.30. The van der Waals surface area contributed by atoms with E-state index in [0.29, 0.717) is 24.0 Å². The molecule has 2 aromatic rings. The summed E-state index contributed by atoms with van der Waals surface area (Å²) in [5.41, 5.74) is 2.35. The van der Waals surface area contributed by atoms with Gasteiger partial charge in [0.1, 0.15) is 17.6 Å². The molecule has 1 aromatic heterocycles. The molecule has 0 amide bonds. The SMILES string of the molecule is CCCC1=C(C(=O)OCC)[C@@H](c2ccc(OC)cc2)n2nc(C)nc2N1. The summed E-state index contributed by atoms with van der Waals surface area (Å²) in [5.74, 6) is 1.71. The zero-order chi connectivity index (χ0) is 18.7. The molecule has 7 heteroatoms. The molecule has 1 aromatic carbocycles. The first-order valence-corrected chi connectivity index (χ1v) is 8.83.